The number of amides is 1. The summed E-state index contributed by atoms with van der Waals surface area (Å²) >= 11 is 0. The molecule has 3 rings (SSSR count). The quantitative estimate of drug-likeness (QED) is 0.748. The molecule has 0 unspecified atom stereocenters. The van der Waals surface area contributed by atoms with E-state index >= 15 is 0 Å². The molecule has 94 valence electrons. The second-order valence-corrected chi connectivity index (χ2v) is 4.63. The Kier molecular flexibility index (Phi) is 1.60. The van der Waals surface area contributed by atoms with Crippen molar-refractivity contribution in [3.63, 3.8) is 0 Å². The van der Waals surface area contributed by atoms with E-state index in [9.17, 15) is 4.79 Å². The molecule has 0 spiro atoms. The van der Waals surface area contributed by atoms with E-state index in [4.69, 9.17) is 11.2 Å². The highest BCUT2D eigenvalue weighted by Gasteiger charge is 2.33. The van der Waals surface area contributed by atoms with Gasteiger partial charge in [-0.3, -0.25) is 4.79 Å². The van der Waals surface area contributed by atoms with Gasteiger partial charge in [0.1, 0.15) is 11.3 Å². The third-order valence-electron chi connectivity index (χ3n) is 3.27. The topological polar surface area (TPSA) is 83.8 Å². The molecule has 1 aliphatic rings. The molecule has 1 atom stereocenters. The molecular formula is C13H16N4O. The lowest BCUT2D eigenvalue weighted by atomic mass is 10.00. The van der Waals surface area contributed by atoms with Gasteiger partial charge in [-0.05, 0) is 38.4 Å². The molecule has 1 aliphatic heterocycles. The summed E-state index contributed by atoms with van der Waals surface area (Å²) in [5.41, 5.74) is 5.22. The number of aromatic amines is 1. The summed E-state index contributed by atoms with van der Waals surface area (Å²) in [6.45, 7) is 0.337. The number of fused-ring (bicyclic) bond motifs is 1. The molecule has 2 heterocycles. The van der Waals surface area contributed by atoms with Crippen LogP contribution in [0.4, 0.5) is 0 Å². The smallest absolute Gasteiger partial charge is 0.250 e. The molecular weight excluding hydrogens is 228 g/mol. The minimum absolute atomic E-state index is 0.0883. The fourth-order valence-electron chi connectivity index (χ4n) is 2.17. The molecule has 2 aromatic rings. The van der Waals surface area contributed by atoms with Crippen LogP contribution in [0.3, 0.4) is 0 Å². The van der Waals surface area contributed by atoms with Gasteiger partial charge in [0, 0.05) is 2.74 Å². The van der Waals surface area contributed by atoms with Crippen molar-refractivity contribution in [1.29, 1.82) is 0 Å². The number of nitrogens with two attached hydrogens (primary N) is 1. The molecule has 1 saturated heterocycles. The summed E-state index contributed by atoms with van der Waals surface area (Å²) in [6, 6.07) is 1.06. The summed E-state index contributed by atoms with van der Waals surface area (Å²) in [6.07, 6.45) is 0.879. The number of carbonyl (C=O) groups excluding carboxylic acids is 1. The van der Waals surface area contributed by atoms with Crippen LogP contribution in [0.1, 0.15) is 41.4 Å². The average molecular weight is 248 g/mol. The number of nitrogens with zero attached hydrogens (tertiary/aromatic N) is 1. The number of hydrogen-bond acceptors (Lipinski definition) is 3. The fourth-order valence-corrected chi connectivity index (χ4v) is 2.17. The number of hydrogen-bond donors (Lipinski definition) is 3. The number of nitrogens with one attached hydrogen (secondary N) is 2. The highest BCUT2D eigenvalue weighted by atomic mass is 16.1. The zero-order chi connectivity index (χ0) is 16.3. The summed E-state index contributed by atoms with van der Waals surface area (Å²) in [5.74, 6) is -0.335. The maximum atomic E-state index is 11.6. The number of primary amides is 1. The number of para-hydroxylation sites is 1. The van der Waals surface area contributed by atoms with Crippen molar-refractivity contribution < 1.29 is 10.3 Å². The van der Waals surface area contributed by atoms with Crippen LogP contribution >= 0.6 is 0 Å². The van der Waals surface area contributed by atoms with Crippen molar-refractivity contribution in [2.24, 2.45) is 5.73 Å². The van der Waals surface area contributed by atoms with Crippen LogP contribution in [-0.4, -0.2) is 22.4 Å². The number of benzene rings is 1. The molecule has 0 saturated carbocycles. The fraction of sp³-hybridized carbons (Fsp3) is 0.385. The minimum atomic E-state index is -1.48. The summed E-state index contributed by atoms with van der Waals surface area (Å²) in [5, 5.41) is 2.89. The van der Waals surface area contributed by atoms with E-state index < -0.39 is 17.9 Å². The standard InChI is InChI=1S/C13H16N4O/c1-13(6-3-7-15-13)12-16-9-5-2-4-8(11(14)18)10(9)17-12/h2,4-5,15H,3,6-7H2,1H3,(H2,14,18)(H,16,17)/t13-/m1/s1/i2D,4D,7D2. The molecule has 4 N–H and O–H groups in total. The van der Waals surface area contributed by atoms with Crippen LogP contribution in [0.2, 0.25) is 0 Å². The van der Waals surface area contributed by atoms with Gasteiger partial charge in [-0.15, -0.1) is 0 Å². The average Bonchev–Trinajstić information content (AvgIpc) is 2.92. The van der Waals surface area contributed by atoms with Crippen LogP contribution in [0, 0.1) is 0 Å². The first kappa shape index (κ1) is 7.53. The monoisotopic (exact) mass is 248 g/mol. The Balaban J connectivity index is 2.19. The highest BCUT2D eigenvalue weighted by Crippen LogP contribution is 2.30. The molecule has 1 aromatic carbocycles. The van der Waals surface area contributed by atoms with Crippen LogP contribution < -0.4 is 11.1 Å². The molecule has 1 fully saturated rings. The Labute approximate surface area is 110 Å². The van der Waals surface area contributed by atoms with Crippen molar-refractivity contribution in [1.82, 2.24) is 15.3 Å². The summed E-state index contributed by atoms with van der Waals surface area (Å²) in [4.78, 5) is 19.0. The number of aromatic nitrogens is 2. The SMILES string of the molecule is [2H]c1cc2[nH]c([C@@]3(C)CCC([2H])([2H])N3)nc2c(C(N)=O)c1[2H]. The van der Waals surface area contributed by atoms with E-state index in [2.05, 4.69) is 15.3 Å². The van der Waals surface area contributed by atoms with Crippen molar-refractivity contribution in [2.45, 2.75) is 25.3 Å². The number of H-pyrrole nitrogens is 1. The van der Waals surface area contributed by atoms with Crippen LogP contribution in [0.25, 0.3) is 11.0 Å². The van der Waals surface area contributed by atoms with E-state index in [0.717, 1.165) is 0 Å². The predicted octanol–water partition coefficient (Wildman–Crippen LogP) is 1.26. The number of carbonyl (C=O) groups is 1. The molecule has 0 bridgehead atoms. The van der Waals surface area contributed by atoms with Gasteiger partial charge >= 0.3 is 0 Å². The Bertz CT molecular complexity index is 788. The van der Waals surface area contributed by atoms with Crippen LogP contribution in [0.15, 0.2) is 18.2 Å². The molecule has 1 aromatic heterocycles. The maximum Gasteiger partial charge on any atom is 0.250 e. The van der Waals surface area contributed by atoms with Crippen molar-refractivity contribution in [3.05, 3.63) is 29.5 Å². The van der Waals surface area contributed by atoms with Gasteiger partial charge in [0.25, 0.3) is 5.91 Å². The van der Waals surface area contributed by atoms with Gasteiger partial charge in [0.15, 0.2) is 0 Å². The van der Waals surface area contributed by atoms with Crippen LogP contribution in [0.5, 0.6) is 0 Å². The predicted molar refractivity (Wildman–Crippen MR) is 69.2 cm³/mol. The van der Waals surface area contributed by atoms with Gasteiger partial charge in [0.05, 0.1) is 19.4 Å². The normalized spacial score (nSPS) is 29.6. The third kappa shape index (κ3) is 1.59. The van der Waals surface area contributed by atoms with E-state index in [1.54, 1.807) is 0 Å². The molecule has 5 heteroatoms. The van der Waals surface area contributed by atoms with E-state index in [0.29, 0.717) is 24.2 Å². The first-order valence-corrected chi connectivity index (χ1v) is 5.72. The zero-order valence-electron chi connectivity index (χ0n) is 13.9. The largest absolute Gasteiger partial charge is 0.366 e. The Hall–Kier alpha value is -1.88. The van der Waals surface area contributed by atoms with Gasteiger partial charge < -0.3 is 16.0 Å². The van der Waals surface area contributed by atoms with Crippen LogP contribution in [-0.2, 0) is 5.54 Å². The molecule has 18 heavy (non-hydrogen) atoms. The zero-order valence-corrected chi connectivity index (χ0v) is 9.92. The van der Waals surface area contributed by atoms with Crippen molar-refractivity contribution in [3.8, 4) is 0 Å². The Morgan fingerprint density at radius 2 is 2.56 bits per heavy atom. The van der Waals surface area contributed by atoms with E-state index in [-0.39, 0.29) is 23.2 Å². The third-order valence-corrected chi connectivity index (χ3v) is 3.27. The molecule has 0 radical (unpaired) electrons. The van der Waals surface area contributed by atoms with E-state index in [1.807, 2.05) is 6.92 Å². The first-order chi connectivity index (χ1) is 10.1. The molecule has 0 aliphatic carbocycles. The van der Waals surface area contributed by atoms with Gasteiger partial charge in [0.2, 0.25) is 0 Å². The lowest BCUT2D eigenvalue weighted by Gasteiger charge is -2.21. The maximum absolute atomic E-state index is 11.6. The molecule has 5 nitrogen and oxygen atoms in total. The summed E-state index contributed by atoms with van der Waals surface area (Å²) in [7, 11) is 0. The summed E-state index contributed by atoms with van der Waals surface area (Å²) < 4.78 is 31.1. The Morgan fingerprint density at radius 3 is 3.22 bits per heavy atom. The van der Waals surface area contributed by atoms with Crippen molar-refractivity contribution in [2.75, 3.05) is 6.50 Å². The lowest BCUT2D eigenvalue weighted by molar-refractivity contribution is 0.100. The number of imidazole rings is 1. The Morgan fingerprint density at radius 1 is 1.72 bits per heavy atom. The van der Waals surface area contributed by atoms with Gasteiger partial charge in [-0.2, -0.15) is 0 Å². The minimum Gasteiger partial charge on any atom is -0.366 e. The second-order valence-electron chi connectivity index (χ2n) is 4.63. The first-order valence-electron chi connectivity index (χ1n) is 7.72. The van der Waals surface area contributed by atoms with Gasteiger partial charge in [-0.1, -0.05) is 6.04 Å². The van der Waals surface area contributed by atoms with Gasteiger partial charge in [-0.25, -0.2) is 4.98 Å². The number of rotatable bonds is 2. The van der Waals surface area contributed by atoms with Crippen molar-refractivity contribution >= 4 is 16.9 Å². The lowest BCUT2D eigenvalue weighted by Crippen LogP contribution is -2.34. The van der Waals surface area contributed by atoms with E-state index in [1.165, 1.54) is 6.07 Å². The molecule has 1 amide bonds. The second kappa shape index (κ2) is 3.81. The highest BCUT2D eigenvalue weighted by molar-refractivity contribution is 6.04.